The van der Waals surface area contributed by atoms with Crippen LogP contribution in [0.15, 0.2) is 17.5 Å². The highest BCUT2D eigenvalue weighted by Crippen LogP contribution is 2.25. The van der Waals surface area contributed by atoms with Gasteiger partial charge in [-0.05, 0) is 37.6 Å². The zero-order chi connectivity index (χ0) is 18.0. The lowest BCUT2D eigenvalue weighted by atomic mass is 9.94. The molecule has 0 aromatic carbocycles. The number of piperidine rings is 1. The van der Waals surface area contributed by atoms with Crippen LogP contribution in [0.5, 0.6) is 0 Å². The van der Waals surface area contributed by atoms with Crippen molar-refractivity contribution < 1.29 is 18.0 Å². The third-order valence-electron chi connectivity index (χ3n) is 5.14. The zero-order valence-electron chi connectivity index (χ0n) is 14.4. The summed E-state index contributed by atoms with van der Waals surface area (Å²) in [6, 6.07) is 3.50. The molecule has 2 amide bonds. The van der Waals surface area contributed by atoms with Crippen LogP contribution in [-0.4, -0.2) is 67.2 Å². The number of likely N-dealkylation sites (tertiary alicyclic amines) is 1. The van der Waals surface area contributed by atoms with E-state index in [9.17, 15) is 18.0 Å². The summed E-state index contributed by atoms with van der Waals surface area (Å²) in [5.74, 6) is 0.232. The molecule has 0 bridgehead atoms. The van der Waals surface area contributed by atoms with E-state index in [0.717, 1.165) is 4.88 Å². The number of thiophene rings is 1. The smallest absolute Gasteiger partial charge is 0.263 e. The van der Waals surface area contributed by atoms with Gasteiger partial charge in [-0.1, -0.05) is 6.07 Å². The van der Waals surface area contributed by atoms with Gasteiger partial charge in [0, 0.05) is 31.6 Å². The number of carbonyl (C=O) groups excluding carboxylic acids is 2. The standard InChI is InChI=1S/C17H24N2O4S2/c1-2-19(14-7-11-25(22,23)12-14)16(20)13-5-8-18(9-6-13)17(21)15-4-3-10-24-15/h3-4,10,13-14H,2,5-9,11-12H2,1H3/t14-/m1/s1. The van der Waals surface area contributed by atoms with Crippen molar-refractivity contribution in [1.29, 1.82) is 0 Å². The Kier molecular flexibility index (Phi) is 5.48. The van der Waals surface area contributed by atoms with Crippen molar-refractivity contribution in [2.24, 2.45) is 5.92 Å². The molecule has 2 fully saturated rings. The molecule has 0 aliphatic carbocycles. The van der Waals surface area contributed by atoms with E-state index in [4.69, 9.17) is 0 Å². The Hall–Kier alpha value is -1.41. The Labute approximate surface area is 152 Å². The van der Waals surface area contributed by atoms with Gasteiger partial charge in [0.15, 0.2) is 9.84 Å². The average molecular weight is 385 g/mol. The molecule has 0 spiro atoms. The molecule has 3 rings (SSSR count). The first kappa shape index (κ1) is 18.4. The van der Waals surface area contributed by atoms with E-state index in [0.29, 0.717) is 38.9 Å². The second kappa shape index (κ2) is 7.45. The molecular weight excluding hydrogens is 360 g/mol. The minimum atomic E-state index is -3.01. The van der Waals surface area contributed by atoms with E-state index < -0.39 is 9.84 Å². The summed E-state index contributed by atoms with van der Waals surface area (Å²) in [6.45, 7) is 3.59. The van der Waals surface area contributed by atoms with Crippen LogP contribution in [0.25, 0.3) is 0 Å². The van der Waals surface area contributed by atoms with Crippen LogP contribution in [-0.2, 0) is 14.6 Å². The molecule has 2 aliphatic rings. The monoisotopic (exact) mass is 384 g/mol. The molecule has 2 saturated heterocycles. The molecule has 8 heteroatoms. The normalized spacial score (nSPS) is 23.6. The third kappa shape index (κ3) is 4.06. The highest BCUT2D eigenvalue weighted by atomic mass is 32.2. The Morgan fingerprint density at radius 2 is 2.00 bits per heavy atom. The molecule has 3 heterocycles. The predicted molar refractivity (Wildman–Crippen MR) is 97.4 cm³/mol. The van der Waals surface area contributed by atoms with E-state index in [2.05, 4.69) is 0 Å². The maximum atomic E-state index is 12.9. The summed E-state index contributed by atoms with van der Waals surface area (Å²) in [5, 5.41) is 1.89. The highest BCUT2D eigenvalue weighted by molar-refractivity contribution is 7.91. The van der Waals surface area contributed by atoms with Gasteiger partial charge < -0.3 is 9.80 Å². The van der Waals surface area contributed by atoms with Crippen LogP contribution >= 0.6 is 11.3 Å². The molecular formula is C17H24N2O4S2. The van der Waals surface area contributed by atoms with E-state index in [1.54, 1.807) is 4.90 Å². The molecule has 1 atom stereocenters. The lowest BCUT2D eigenvalue weighted by molar-refractivity contribution is -0.138. The number of carbonyl (C=O) groups is 2. The lowest BCUT2D eigenvalue weighted by Crippen LogP contribution is -2.48. The number of nitrogens with zero attached hydrogens (tertiary/aromatic N) is 2. The average Bonchev–Trinajstić information content (AvgIpc) is 3.25. The van der Waals surface area contributed by atoms with Crippen LogP contribution in [0.2, 0.25) is 0 Å². The zero-order valence-corrected chi connectivity index (χ0v) is 16.0. The molecule has 1 aromatic rings. The first-order valence-electron chi connectivity index (χ1n) is 8.75. The fraction of sp³-hybridized carbons (Fsp3) is 0.647. The van der Waals surface area contributed by atoms with Gasteiger partial charge in [0.2, 0.25) is 5.91 Å². The van der Waals surface area contributed by atoms with E-state index >= 15 is 0 Å². The maximum Gasteiger partial charge on any atom is 0.263 e. The third-order valence-corrected chi connectivity index (χ3v) is 7.74. The van der Waals surface area contributed by atoms with E-state index in [1.165, 1.54) is 11.3 Å². The maximum absolute atomic E-state index is 12.9. The second-order valence-electron chi connectivity index (χ2n) is 6.72. The summed E-state index contributed by atoms with van der Waals surface area (Å²) in [4.78, 5) is 29.5. The largest absolute Gasteiger partial charge is 0.339 e. The minimum Gasteiger partial charge on any atom is -0.339 e. The first-order chi connectivity index (χ1) is 11.9. The molecule has 0 radical (unpaired) electrons. The molecule has 6 nitrogen and oxygen atoms in total. The molecule has 2 aliphatic heterocycles. The number of hydrogen-bond donors (Lipinski definition) is 0. The molecule has 1 aromatic heterocycles. The molecule has 0 saturated carbocycles. The quantitative estimate of drug-likeness (QED) is 0.791. The Bertz CT molecular complexity index is 722. The molecule has 0 N–H and O–H groups in total. The van der Waals surface area contributed by atoms with Crippen LogP contribution in [0.4, 0.5) is 0 Å². The van der Waals surface area contributed by atoms with Gasteiger partial charge in [0.25, 0.3) is 5.91 Å². The van der Waals surface area contributed by atoms with Gasteiger partial charge in [0.05, 0.1) is 16.4 Å². The molecule has 138 valence electrons. The Balaban J connectivity index is 1.58. The van der Waals surface area contributed by atoms with Crippen molar-refractivity contribution in [3.05, 3.63) is 22.4 Å². The summed E-state index contributed by atoms with van der Waals surface area (Å²) in [7, 11) is -3.01. The van der Waals surface area contributed by atoms with E-state index in [-0.39, 0.29) is 35.3 Å². The van der Waals surface area contributed by atoms with Crippen molar-refractivity contribution in [3.8, 4) is 0 Å². The van der Waals surface area contributed by atoms with Gasteiger partial charge in [-0.15, -0.1) is 11.3 Å². The van der Waals surface area contributed by atoms with Gasteiger partial charge >= 0.3 is 0 Å². The first-order valence-corrected chi connectivity index (χ1v) is 11.4. The number of amides is 2. The van der Waals surface area contributed by atoms with Crippen molar-refractivity contribution >= 4 is 33.0 Å². The van der Waals surface area contributed by atoms with Crippen molar-refractivity contribution in [3.63, 3.8) is 0 Å². The Morgan fingerprint density at radius 1 is 1.28 bits per heavy atom. The summed E-state index contributed by atoms with van der Waals surface area (Å²) in [5.41, 5.74) is 0. The molecule has 25 heavy (non-hydrogen) atoms. The van der Waals surface area contributed by atoms with Gasteiger partial charge in [-0.3, -0.25) is 9.59 Å². The van der Waals surface area contributed by atoms with Crippen molar-refractivity contribution in [1.82, 2.24) is 9.80 Å². The van der Waals surface area contributed by atoms with Crippen LogP contribution < -0.4 is 0 Å². The summed E-state index contributed by atoms with van der Waals surface area (Å²) < 4.78 is 23.4. The number of rotatable bonds is 4. The van der Waals surface area contributed by atoms with Gasteiger partial charge in [0.1, 0.15) is 0 Å². The minimum absolute atomic E-state index is 0.0372. The van der Waals surface area contributed by atoms with Crippen molar-refractivity contribution in [2.45, 2.75) is 32.2 Å². The van der Waals surface area contributed by atoms with E-state index in [1.807, 2.05) is 29.3 Å². The summed E-state index contributed by atoms with van der Waals surface area (Å²) in [6.07, 6.45) is 1.83. The van der Waals surface area contributed by atoms with Gasteiger partial charge in [-0.2, -0.15) is 0 Å². The highest BCUT2D eigenvalue weighted by Gasteiger charge is 2.37. The number of sulfone groups is 1. The second-order valence-corrected chi connectivity index (χ2v) is 9.90. The van der Waals surface area contributed by atoms with Crippen LogP contribution in [0, 0.1) is 5.92 Å². The SMILES string of the molecule is CCN(C(=O)C1CCN(C(=O)c2cccs2)CC1)[C@@H]1CCS(=O)(=O)C1. The van der Waals surface area contributed by atoms with Crippen LogP contribution in [0.1, 0.15) is 35.9 Å². The fourth-order valence-corrected chi connectivity index (χ4v) is 6.16. The van der Waals surface area contributed by atoms with Gasteiger partial charge in [-0.25, -0.2) is 8.42 Å². The topological polar surface area (TPSA) is 74.8 Å². The summed E-state index contributed by atoms with van der Waals surface area (Å²) >= 11 is 1.43. The number of hydrogen-bond acceptors (Lipinski definition) is 5. The lowest BCUT2D eigenvalue weighted by Gasteiger charge is -2.35. The van der Waals surface area contributed by atoms with Crippen molar-refractivity contribution in [2.75, 3.05) is 31.1 Å². The fourth-order valence-electron chi connectivity index (χ4n) is 3.74. The van der Waals surface area contributed by atoms with Crippen LogP contribution in [0.3, 0.4) is 0 Å². The molecule has 0 unspecified atom stereocenters. The predicted octanol–water partition coefficient (Wildman–Crippen LogP) is 1.64. The Morgan fingerprint density at radius 3 is 2.52 bits per heavy atom.